The second-order valence-corrected chi connectivity index (χ2v) is 5.97. The molecule has 0 radical (unpaired) electrons. The summed E-state index contributed by atoms with van der Waals surface area (Å²) in [7, 11) is 1.98. The van der Waals surface area contributed by atoms with Gasteiger partial charge in [-0.3, -0.25) is 4.79 Å². The molecule has 128 valence electrons. The van der Waals surface area contributed by atoms with E-state index >= 15 is 0 Å². The van der Waals surface area contributed by atoms with E-state index in [1.54, 1.807) is 12.1 Å². The summed E-state index contributed by atoms with van der Waals surface area (Å²) in [5.41, 5.74) is 2.51. The Labute approximate surface area is 144 Å². The van der Waals surface area contributed by atoms with Crippen LogP contribution in [0.4, 0.5) is 0 Å². The van der Waals surface area contributed by atoms with E-state index in [1.807, 2.05) is 47.0 Å². The molecule has 1 atom stereocenters. The van der Waals surface area contributed by atoms with Gasteiger partial charge in [-0.25, -0.2) is 0 Å². The number of morpholine rings is 1. The highest BCUT2D eigenvalue weighted by Crippen LogP contribution is 2.26. The molecule has 1 amide bonds. The summed E-state index contributed by atoms with van der Waals surface area (Å²) < 4.78 is 12.4. The number of ether oxygens (including phenoxy) is 1. The van der Waals surface area contributed by atoms with Crippen molar-refractivity contribution in [2.45, 2.75) is 6.04 Å². The maximum Gasteiger partial charge on any atom is 0.254 e. The van der Waals surface area contributed by atoms with Gasteiger partial charge in [0, 0.05) is 36.6 Å². The average molecular weight is 338 g/mol. The molecule has 2 aromatic heterocycles. The highest BCUT2D eigenvalue weighted by atomic mass is 16.5. The average Bonchev–Trinajstić information content (AvgIpc) is 3.33. The first kappa shape index (κ1) is 15.6. The van der Waals surface area contributed by atoms with Gasteiger partial charge in [0.1, 0.15) is 0 Å². The molecule has 0 bridgehead atoms. The lowest BCUT2D eigenvalue weighted by Gasteiger charge is -2.36. The number of aromatic nitrogens is 3. The number of carbonyl (C=O) groups excluding carboxylic acids is 1. The van der Waals surface area contributed by atoms with Crippen LogP contribution in [0.3, 0.4) is 0 Å². The lowest BCUT2D eigenvalue weighted by atomic mass is 10.1. The van der Waals surface area contributed by atoms with Crippen LogP contribution >= 0.6 is 0 Å². The first-order valence-electron chi connectivity index (χ1n) is 8.11. The molecule has 0 spiro atoms. The Kier molecular flexibility index (Phi) is 4.07. The van der Waals surface area contributed by atoms with Gasteiger partial charge < -0.3 is 18.7 Å². The van der Waals surface area contributed by atoms with Gasteiger partial charge >= 0.3 is 0 Å². The first-order valence-corrected chi connectivity index (χ1v) is 8.11. The van der Waals surface area contributed by atoms with Crippen molar-refractivity contribution in [3.63, 3.8) is 0 Å². The molecular formula is C18H18N4O3. The Morgan fingerprint density at radius 1 is 1.24 bits per heavy atom. The number of amides is 1. The molecule has 0 aliphatic carbocycles. The smallest absolute Gasteiger partial charge is 0.254 e. The van der Waals surface area contributed by atoms with E-state index < -0.39 is 0 Å². The number of rotatable bonds is 3. The molecular weight excluding hydrogens is 320 g/mol. The maximum atomic E-state index is 13.0. The van der Waals surface area contributed by atoms with Gasteiger partial charge in [0.05, 0.1) is 19.3 Å². The summed E-state index contributed by atoms with van der Waals surface area (Å²) in [5, 5.41) is 3.81. The fourth-order valence-electron chi connectivity index (χ4n) is 3.14. The number of carbonyl (C=O) groups is 1. The summed E-state index contributed by atoms with van der Waals surface area (Å²) >= 11 is 0. The first-order chi connectivity index (χ1) is 12.2. The van der Waals surface area contributed by atoms with Crippen molar-refractivity contribution in [3.8, 4) is 11.4 Å². The zero-order chi connectivity index (χ0) is 17.2. The third-order valence-corrected chi connectivity index (χ3v) is 4.47. The summed E-state index contributed by atoms with van der Waals surface area (Å²) in [6, 6.07) is 11.2. The van der Waals surface area contributed by atoms with Crippen molar-refractivity contribution in [2.24, 2.45) is 7.05 Å². The van der Waals surface area contributed by atoms with Crippen LogP contribution in [-0.4, -0.2) is 45.3 Å². The predicted molar refractivity (Wildman–Crippen MR) is 89.7 cm³/mol. The van der Waals surface area contributed by atoms with Crippen molar-refractivity contribution in [1.29, 1.82) is 0 Å². The molecule has 1 aromatic carbocycles. The molecule has 1 aliphatic heterocycles. The monoisotopic (exact) mass is 338 g/mol. The van der Waals surface area contributed by atoms with Gasteiger partial charge in [0.25, 0.3) is 5.91 Å². The normalized spacial score (nSPS) is 17.6. The Morgan fingerprint density at radius 3 is 2.76 bits per heavy atom. The van der Waals surface area contributed by atoms with Gasteiger partial charge in [-0.2, -0.15) is 4.98 Å². The fraction of sp³-hybridized carbons (Fsp3) is 0.278. The second kappa shape index (κ2) is 6.52. The SMILES string of the molecule is Cn1cccc1[C@@H]1COCCN1C(=O)c1ccc(-c2ncon2)cc1. The van der Waals surface area contributed by atoms with Crippen molar-refractivity contribution >= 4 is 5.91 Å². The van der Waals surface area contributed by atoms with Crippen molar-refractivity contribution in [2.75, 3.05) is 19.8 Å². The summed E-state index contributed by atoms with van der Waals surface area (Å²) in [4.78, 5) is 18.9. The van der Waals surface area contributed by atoms with Crippen molar-refractivity contribution in [1.82, 2.24) is 19.6 Å². The lowest BCUT2D eigenvalue weighted by Crippen LogP contribution is -2.44. The van der Waals surface area contributed by atoms with Crippen LogP contribution in [0.25, 0.3) is 11.4 Å². The van der Waals surface area contributed by atoms with E-state index in [4.69, 9.17) is 9.26 Å². The van der Waals surface area contributed by atoms with Gasteiger partial charge in [0.15, 0.2) is 0 Å². The van der Waals surface area contributed by atoms with Crippen LogP contribution in [0, 0.1) is 0 Å². The molecule has 3 heterocycles. The molecule has 7 heteroatoms. The Hall–Kier alpha value is -2.93. The lowest BCUT2D eigenvalue weighted by molar-refractivity contribution is -0.00463. The van der Waals surface area contributed by atoms with Crippen LogP contribution in [0.2, 0.25) is 0 Å². The number of nitrogens with zero attached hydrogens (tertiary/aromatic N) is 4. The standard InChI is InChI=1S/C18H18N4O3/c1-21-8-2-3-15(21)16-11-24-10-9-22(16)18(23)14-6-4-13(5-7-14)17-19-12-25-20-17/h2-8,12,16H,9-11H2,1H3/t16-/m0/s1. The molecule has 0 unspecified atom stereocenters. The molecule has 4 rings (SSSR count). The second-order valence-electron chi connectivity index (χ2n) is 5.97. The number of hydrogen-bond donors (Lipinski definition) is 0. The third-order valence-electron chi connectivity index (χ3n) is 4.47. The van der Waals surface area contributed by atoms with E-state index in [2.05, 4.69) is 10.1 Å². The summed E-state index contributed by atoms with van der Waals surface area (Å²) in [6.07, 6.45) is 3.26. The molecule has 25 heavy (non-hydrogen) atoms. The predicted octanol–water partition coefficient (Wildman–Crippen LogP) is 2.29. The quantitative estimate of drug-likeness (QED) is 0.732. The number of benzene rings is 1. The molecule has 1 aliphatic rings. The fourth-order valence-corrected chi connectivity index (χ4v) is 3.14. The largest absolute Gasteiger partial charge is 0.377 e. The van der Waals surface area contributed by atoms with Crippen molar-refractivity contribution < 1.29 is 14.1 Å². The topological polar surface area (TPSA) is 73.4 Å². The zero-order valence-electron chi connectivity index (χ0n) is 13.8. The molecule has 0 saturated carbocycles. The number of aryl methyl sites for hydroxylation is 1. The van der Waals surface area contributed by atoms with Gasteiger partial charge in [-0.15, -0.1) is 0 Å². The van der Waals surface area contributed by atoms with Crippen LogP contribution in [0.5, 0.6) is 0 Å². The molecule has 3 aromatic rings. The molecule has 1 fully saturated rings. The van der Waals surface area contributed by atoms with Crippen LogP contribution in [0.1, 0.15) is 22.1 Å². The molecule has 0 N–H and O–H groups in total. The van der Waals surface area contributed by atoms with Gasteiger partial charge in [0.2, 0.25) is 12.2 Å². The van der Waals surface area contributed by atoms with Gasteiger partial charge in [-0.1, -0.05) is 17.3 Å². The minimum atomic E-state index is -0.0851. The highest BCUT2D eigenvalue weighted by molar-refractivity contribution is 5.95. The van der Waals surface area contributed by atoms with E-state index in [9.17, 15) is 4.79 Å². The van der Waals surface area contributed by atoms with E-state index in [1.165, 1.54) is 6.39 Å². The third kappa shape index (κ3) is 2.94. The minimum Gasteiger partial charge on any atom is -0.377 e. The maximum absolute atomic E-state index is 13.0. The van der Waals surface area contributed by atoms with E-state index in [0.717, 1.165) is 11.3 Å². The minimum absolute atomic E-state index is 0.00541. The highest BCUT2D eigenvalue weighted by Gasteiger charge is 2.30. The van der Waals surface area contributed by atoms with Crippen molar-refractivity contribution in [3.05, 3.63) is 60.2 Å². The van der Waals surface area contributed by atoms with E-state index in [0.29, 0.717) is 31.1 Å². The van der Waals surface area contributed by atoms with Gasteiger partial charge in [-0.05, 0) is 24.3 Å². The molecule has 7 nitrogen and oxygen atoms in total. The molecule has 1 saturated heterocycles. The Bertz CT molecular complexity index is 855. The van der Waals surface area contributed by atoms with E-state index in [-0.39, 0.29) is 11.9 Å². The number of hydrogen-bond acceptors (Lipinski definition) is 5. The Morgan fingerprint density at radius 2 is 2.08 bits per heavy atom. The zero-order valence-corrected chi connectivity index (χ0v) is 13.8. The summed E-state index contributed by atoms with van der Waals surface area (Å²) in [6.45, 7) is 1.62. The summed E-state index contributed by atoms with van der Waals surface area (Å²) in [5.74, 6) is 0.501. The van der Waals surface area contributed by atoms with Crippen LogP contribution in [-0.2, 0) is 11.8 Å². The van der Waals surface area contributed by atoms with Crippen LogP contribution < -0.4 is 0 Å². The van der Waals surface area contributed by atoms with Crippen LogP contribution in [0.15, 0.2) is 53.5 Å². The Balaban J connectivity index is 1.59.